The molecular formula is C15H17FN2OS. The molecule has 1 atom stereocenters. The van der Waals surface area contributed by atoms with Crippen molar-refractivity contribution in [2.24, 2.45) is 0 Å². The summed E-state index contributed by atoms with van der Waals surface area (Å²) in [4.78, 5) is 6.69. The molecule has 5 heteroatoms. The minimum atomic E-state index is -0.593. The maximum Gasteiger partial charge on any atom is 0.133 e. The molecule has 1 aromatic heterocycles. The first kappa shape index (κ1) is 13.7. The van der Waals surface area contributed by atoms with Crippen molar-refractivity contribution >= 4 is 11.3 Å². The van der Waals surface area contributed by atoms with E-state index in [-0.39, 0.29) is 5.82 Å². The Morgan fingerprint density at radius 2 is 2.25 bits per heavy atom. The number of hydrogen-bond donors (Lipinski definition) is 1. The zero-order valence-corrected chi connectivity index (χ0v) is 12.2. The molecule has 20 heavy (non-hydrogen) atoms. The number of aromatic nitrogens is 1. The zero-order valence-electron chi connectivity index (χ0n) is 11.3. The van der Waals surface area contributed by atoms with Crippen LogP contribution in [0, 0.1) is 5.82 Å². The molecule has 1 aliphatic heterocycles. The van der Waals surface area contributed by atoms with E-state index in [2.05, 4.69) is 9.88 Å². The number of rotatable bonds is 3. The van der Waals surface area contributed by atoms with Gasteiger partial charge in [-0.25, -0.2) is 9.37 Å². The summed E-state index contributed by atoms with van der Waals surface area (Å²) in [6.07, 6.45) is 0.789. The standard InChI is InChI=1S/C15H17FN2OS/c1-15(19)6-7-18(10-15)8-11-9-20-14(17-11)12-4-2-3-5-13(12)16/h2-5,9,19H,6-8,10H2,1H3. The van der Waals surface area contributed by atoms with Crippen molar-refractivity contribution in [3.05, 3.63) is 41.2 Å². The molecule has 3 rings (SSSR count). The normalized spacial score (nSPS) is 23.4. The van der Waals surface area contributed by atoms with Gasteiger partial charge in [-0.15, -0.1) is 11.3 Å². The van der Waals surface area contributed by atoms with Gasteiger partial charge in [0.15, 0.2) is 0 Å². The molecule has 1 saturated heterocycles. The molecule has 1 unspecified atom stereocenters. The number of hydrogen-bond acceptors (Lipinski definition) is 4. The average molecular weight is 292 g/mol. The Morgan fingerprint density at radius 3 is 2.95 bits per heavy atom. The lowest BCUT2D eigenvalue weighted by molar-refractivity contribution is 0.0678. The van der Waals surface area contributed by atoms with Gasteiger partial charge < -0.3 is 5.11 Å². The van der Waals surface area contributed by atoms with Crippen LogP contribution in [0.15, 0.2) is 29.6 Å². The summed E-state index contributed by atoms with van der Waals surface area (Å²) in [5.74, 6) is -0.238. The minimum Gasteiger partial charge on any atom is -0.389 e. The largest absolute Gasteiger partial charge is 0.389 e. The number of aliphatic hydroxyl groups is 1. The lowest BCUT2D eigenvalue weighted by atomic mass is 10.1. The molecule has 1 aliphatic rings. The highest BCUT2D eigenvalue weighted by atomic mass is 32.1. The zero-order chi connectivity index (χ0) is 14.2. The van der Waals surface area contributed by atoms with E-state index in [1.807, 2.05) is 18.4 Å². The van der Waals surface area contributed by atoms with Gasteiger partial charge in [-0.05, 0) is 25.5 Å². The van der Waals surface area contributed by atoms with Crippen LogP contribution >= 0.6 is 11.3 Å². The third-order valence-electron chi connectivity index (χ3n) is 3.57. The van der Waals surface area contributed by atoms with Crippen LogP contribution in [0.3, 0.4) is 0 Å². The van der Waals surface area contributed by atoms with Crippen LogP contribution in [0.5, 0.6) is 0 Å². The molecule has 0 saturated carbocycles. The second-order valence-electron chi connectivity index (χ2n) is 5.58. The van der Waals surface area contributed by atoms with E-state index in [0.29, 0.717) is 23.7 Å². The van der Waals surface area contributed by atoms with Gasteiger partial charge in [0, 0.05) is 30.6 Å². The van der Waals surface area contributed by atoms with E-state index >= 15 is 0 Å². The lowest BCUT2D eigenvalue weighted by Crippen LogP contribution is -2.29. The maximum atomic E-state index is 13.7. The van der Waals surface area contributed by atoms with E-state index in [1.54, 1.807) is 12.1 Å². The lowest BCUT2D eigenvalue weighted by Gasteiger charge is -2.17. The Morgan fingerprint density at radius 1 is 1.45 bits per heavy atom. The summed E-state index contributed by atoms with van der Waals surface area (Å²) >= 11 is 1.46. The molecule has 0 radical (unpaired) electrons. The van der Waals surface area contributed by atoms with E-state index < -0.39 is 5.60 Å². The van der Waals surface area contributed by atoms with Crippen LogP contribution in [0.1, 0.15) is 19.0 Å². The van der Waals surface area contributed by atoms with Gasteiger partial charge in [0.05, 0.1) is 11.3 Å². The molecule has 106 valence electrons. The number of nitrogens with zero attached hydrogens (tertiary/aromatic N) is 2. The molecule has 0 aliphatic carbocycles. The van der Waals surface area contributed by atoms with Crippen molar-refractivity contribution in [3.63, 3.8) is 0 Å². The third-order valence-corrected chi connectivity index (χ3v) is 4.50. The number of likely N-dealkylation sites (tertiary alicyclic amines) is 1. The summed E-state index contributed by atoms with van der Waals surface area (Å²) in [5, 5.41) is 12.6. The first-order chi connectivity index (χ1) is 9.53. The van der Waals surface area contributed by atoms with Gasteiger partial charge in [-0.2, -0.15) is 0 Å². The highest BCUT2D eigenvalue weighted by Crippen LogP contribution is 2.28. The quantitative estimate of drug-likeness (QED) is 0.945. The van der Waals surface area contributed by atoms with Crippen LogP contribution < -0.4 is 0 Å². The van der Waals surface area contributed by atoms with Gasteiger partial charge in [-0.3, -0.25) is 4.90 Å². The van der Waals surface area contributed by atoms with Gasteiger partial charge in [0.1, 0.15) is 10.8 Å². The number of β-amino-alcohol motifs (C(OH)–C–C–N with tert-alkyl or cyclic N) is 1. The van der Waals surface area contributed by atoms with Gasteiger partial charge >= 0.3 is 0 Å². The topological polar surface area (TPSA) is 36.4 Å². The van der Waals surface area contributed by atoms with Crippen molar-refractivity contribution in [1.29, 1.82) is 0 Å². The summed E-state index contributed by atoms with van der Waals surface area (Å²) in [7, 11) is 0. The first-order valence-corrected chi connectivity index (χ1v) is 7.55. The molecule has 2 heterocycles. The molecule has 3 nitrogen and oxygen atoms in total. The highest BCUT2D eigenvalue weighted by molar-refractivity contribution is 7.13. The minimum absolute atomic E-state index is 0.238. The molecule has 1 N–H and O–H groups in total. The number of benzene rings is 1. The summed E-state index contributed by atoms with van der Waals surface area (Å²) in [5.41, 5.74) is 0.896. The van der Waals surface area contributed by atoms with Gasteiger partial charge in [0.2, 0.25) is 0 Å². The van der Waals surface area contributed by atoms with Crippen molar-refractivity contribution in [1.82, 2.24) is 9.88 Å². The number of thiazole rings is 1. The summed E-state index contributed by atoms with van der Waals surface area (Å²) < 4.78 is 13.7. The number of halogens is 1. The molecule has 2 aromatic rings. The SMILES string of the molecule is CC1(O)CCN(Cc2csc(-c3ccccc3F)n2)C1. The summed E-state index contributed by atoms with van der Waals surface area (Å²) in [6, 6.07) is 6.70. The van der Waals surface area contributed by atoms with E-state index in [1.165, 1.54) is 17.4 Å². The van der Waals surface area contributed by atoms with Crippen molar-refractivity contribution in [2.45, 2.75) is 25.5 Å². The fourth-order valence-electron chi connectivity index (χ4n) is 2.54. The first-order valence-electron chi connectivity index (χ1n) is 6.67. The second kappa shape index (κ2) is 5.24. The Balaban J connectivity index is 1.73. The van der Waals surface area contributed by atoms with E-state index in [9.17, 15) is 9.50 Å². The van der Waals surface area contributed by atoms with Gasteiger partial charge in [0.25, 0.3) is 0 Å². The van der Waals surface area contributed by atoms with E-state index in [0.717, 1.165) is 18.7 Å². The van der Waals surface area contributed by atoms with Crippen LogP contribution in [-0.4, -0.2) is 33.7 Å². The molecule has 0 spiro atoms. The van der Waals surface area contributed by atoms with Crippen molar-refractivity contribution in [3.8, 4) is 10.6 Å². The Kier molecular flexibility index (Phi) is 3.58. The van der Waals surface area contributed by atoms with E-state index in [4.69, 9.17) is 0 Å². The summed E-state index contributed by atoms with van der Waals surface area (Å²) in [6.45, 7) is 4.11. The molecule has 1 fully saturated rings. The van der Waals surface area contributed by atoms with Crippen LogP contribution in [0.4, 0.5) is 4.39 Å². The van der Waals surface area contributed by atoms with Crippen molar-refractivity contribution < 1.29 is 9.50 Å². The highest BCUT2D eigenvalue weighted by Gasteiger charge is 2.31. The smallest absolute Gasteiger partial charge is 0.133 e. The third kappa shape index (κ3) is 2.90. The van der Waals surface area contributed by atoms with Crippen LogP contribution in [-0.2, 0) is 6.54 Å². The van der Waals surface area contributed by atoms with Gasteiger partial charge in [-0.1, -0.05) is 12.1 Å². The monoisotopic (exact) mass is 292 g/mol. The maximum absolute atomic E-state index is 13.7. The second-order valence-corrected chi connectivity index (χ2v) is 6.44. The predicted octanol–water partition coefficient (Wildman–Crippen LogP) is 2.91. The Hall–Kier alpha value is -1.30. The molecule has 0 amide bonds. The fraction of sp³-hybridized carbons (Fsp3) is 0.400. The van der Waals surface area contributed by atoms with Crippen LogP contribution in [0.2, 0.25) is 0 Å². The Labute approximate surface area is 121 Å². The molecule has 0 bridgehead atoms. The average Bonchev–Trinajstić information content (AvgIpc) is 2.97. The van der Waals surface area contributed by atoms with Crippen molar-refractivity contribution in [2.75, 3.05) is 13.1 Å². The fourth-order valence-corrected chi connectivity index (χ4v) is 3.38. The molecule has 1 aromatic carbocycles. The predicted molar refractivity (Wildman–Crippen MR) is 78.0 cm³/mol. The molecular weight excluding hydrogens is 275 g/mol. The van der Waals surface area contributed by atoms with Crippen LogP contribution in [0.25, 0.3) is 10.6 Å². The Bertz CT molecular complexity index is 611.